The fraction of sp³-hybridized carbons (Fsp3) is 0.231. The number of imidazole rings is 1. The molecule has 5 heteroatoms. The van der Waals surface area contributed by atoms with Crippen molar-refractivity contribution in [2.45, 2.75) is 19.4 Å². The fourth-order valence-electron chi connectivity index (χ4n) is 1.62. The van der Waals surface area contributed by atoms with Crippen molar-refractivity contribution in [2.24, 2.45) is 0 Å². The van der Waals surface area contributed by atoms with Gasteiger partial charge in [-0.25, -0.2) is 9.37 Å². The summed E-state index contributed by atoms with van der Waals surface area (Å²) in [5.41, 5.74) is 0.227. The van der Waals surface area contributed by atoms with Crippen molar-refractivity contribution >= 4 is 11.6 Å². The zero-order valence-electron chi connectivity index (χ0n) is 9.84. The highest BCUT2D eigenvalue weighted by Crippen LogP contribution is 2.12. The second-order valence-corrected chi connectivity index (χ2v) is 3.93. The monoisotopic (exact) mass is 247 g/mol. The van der Waals surface area contributed by atoms with E-state index in [0.717, 1.165) is 6.54 Å². The first-order chi connectivity index (χ1) is 8.75. The van der Waals surface area contributed by atoms with Gasteiger partial charge in [0, 0.05) is 25.4 Å². The molecule has 4 nitrogen and oxygen atoms in total. The van der Waals surface area contributed by atoms with Gasteiger partial charge >= 0.3 is 0 Å². The number of carbonyl (C=O) groups excluding carboxylic acids is 1. The molecule has 0 bridgehead atoms. The third-order valence-electron chi connectivity index (χ3n) is 2.53. The number of para-hydroxylation sites is 1. The molecule has 0 aliphatic carbocycles. The van der Waals surface area contributed by atoms with Crippen LogP contribution < -0.4 is 5.32 Å². The highest BCUT2D eigenvalue weighted by molar-refractivity contribution is 5.90. The van der Waals surface area contributed by atoms with Gasteiger partial charge in [0.2, 0.25) is 5.91 Å². The smallest absolute Gasteiger partial charge is 0.224 e. The summed E-state index contributed by atoms with van der Waals surface area (Å²) in [5, 5.41) is 2.55. The molecule has 1 heterocycles. The van der Waals surface area contributed by atoms with Crippen molar-refractivity contribution in [1.82, 2.24) is 9.55 Å². The van der Waals surface area contributed by atoms with E-state index in [-0.39, 0.29) is 11.6 Å². The lowest BCUT2D eigenvalue weighted by molar-refractivity contribution is -0.116. The average Bonchev–Trinajstić information content (AvgIpc) is 2.85. The van der Waals surface area contributed by atoms with Gasteiger partial charge < -0.3 is 9.88 Å². The molecular formula is C13H14FN3O. The summed E-state index contributed by atoms with van der Waals surface area (Å²) < 4.78 is 15.2. The maximum absolute atomic E-state index is 13.3. The largest absolute Gasteiger partial charge is 0.337 e. The number of aryl methyl sites for hydroxylation is 1. The van der Waals surface area contributed by atoms with Crippen LogP contribution in [0.25, 0.3) is 0 Å². The zero-order valence-corrected chi connectivity index (χ0v) is 9.84. The number of nitrogens with one attached hydrogen (secondary N) is 1. The minimum atomic E-state index is -0.416. The number of hydrogen-bond donors (Lipinski definition) is 1. The topological polar surface area (TPSA) is 46.9 Å². The number of anilines is 1. The van der Waals surface area contributed by atoms with E-state index < -0.39 is 5.82 Å². The Morgan fingerprint density at radius 3 is 2.94 bits per heavy atom. The first kappa shape index (κ1) is 12.3. The summed E-state index contributed by atoms with van der Waals surface area (Å²) in [4.78, 5) is 15.5. The number of aromatic nitrogens is 2. The first-order valence-electron chi connectivity index (χ1n) is 5.76. The van der Waals surface area contributed by atoms with E-state index in [1.807, 2.05) is 10.8 Å². The van der Waals surface area contributed by atoms with Gasteiger partial charge in [0.05, 0.1) is 12.0 Å². The van der Waals surface area contributed by atoms with Gasteiger partial charge in [0.15, 0.2) is 0 Å². The van der Waals surface area contributed by atoms with Crippen LogP contribution in [0.4, 0.5) is 10.1 Å². The molecule has 0 aliphatic rings. The van der Waals surface area contributed by atoms with Gasteiger partial charge in [-0.05, 0) is 18.6 Å². The standard InChI is InChI=1S/C13H14FN3O/c14-11-4-1-2-5-12(11)16-13(18)6-3-8-17-9-7-15-10-17/h1-2,4-5,7,9-10H,3,6,8H2,(H,16,18). The molecule has 2 rings (SSSR count). The van der Waals surface area contributed by atoms with Crippen LogP contribution >= 0.6 is 0 Å². The second-order valence-electron chi connectivity index (χ2n) is 3.93. The number of carbonyl (C=O) groups is 1. The number of benzene rings is 1. The van der Waals surface area contributed by atoms with E-state index in [1.54, 1.807) is 30.7 Å². The van der Waals surface area contributed by atoms with Crippen LogP contribution in [0.5, 0.6) is 0 Å². The maximum atomic E-state index is 13.3. The molecule has 1 amide bonds. The average molecular weight is 247 g/mol. The van der Waals surface area contributed by atoms with E-state index in [2.05, 4.69) is 10.3 Å². The lowest BCUT2D eigenvalue weighted by atomic mass is 10.2. The Balaban J connectivity index is 1.77. The van der Waals surface area contributed by atoms with Crippen LogP contribution in [0.1, 0.15) is 12.8 Å². The lowest BCUT2D eigenvalue weighted by Gasteiger charge is -2.06. The summed E-state index contributed by atoms with van der Waals surface area (Å²) in [5.74, 6) is -0.597. The Morgan fingerprint density at radius 1 is 1.39 bits per heavy atom. The molecule has 0 fully saturated rings. The molecule has 0 saturated carbocycles. The van der Waals surface area contributed by atoms with Crippen LogP contribution in [-0.2, 0) is 11.3 Å². The Kier molecular flexibility index (Phi) is 4.06. The number of amides is 1. The number of hydrogen-bond acceptors (Lipinski definition) is 2. The molecule has 1 aromatic heterocycles. The molecule has 94 valence electrons. The van der Waals surface area contributed by atoms with Gasteiger partial charge in [0.1, 0.15) is 5.82 Å². The predicted octanol–water partition coefficient (Wildman–Crippen LogP) is 2.44. The van der Waals surface area contributed by atoms with Crippen LogP contribution in [0.3, 0.4) is 0 Å². The molecule has 2 aromatic rings. The van der Waals surface area contributed by atoms with Crippen molar-refractivity contribution in [2.75, 3.05) is 5.32 Å². The van der Waals surface area contributed by atoms with E-state index >= 15 is 0 Å². The minimum absolute atomic E-state index is 0.180. The summed E-state index contributed by atoms with van der Waals surface area (Å²) in [7, 11) is 0. The van der Waals surface area contributed by atoms with Gasteiger partial charge in [-0.2, -0.15) is 0 Å². The third-order valence-corrected chi connectivity index (χ3v) is 2.53. The molecule has 1 N–H and O–H groups in total. The van der Waals surface area contributed by atoms with Gasteiger partial charge in [-0.1, -0.05) is 12.1 Å². The Labute approximate surface area is 104 Å². The predicted molar refractivity (Wildman–Crippen MR) is 66.5 cm³/mol. The van der Waals surface area contributed by atoms with Gasteiger partial charge in [0.25, 0.3) is 0 Å². The van der Waals surface area contributed by atoms with E-state index in [4.69, 9.17) is 0 Å². The van der Waals surface area contributed by atoms with Crippen LogP contribution in [0.15, 0.2) is 43.0 Å². The lowest BCUT2D eigenvalue weighted by Crippen LogP contribution is -2.13. The molecule has 0 atom stereocenters. The highest BCUT2D eigenvalue weighted by Gasteiger charge is 2.05. The Morgan fingerprint density at radius 2 is 2.22 bits per heavy atom. The van der Waals surface area contributed by atoms with Crippen molar-refractivity contribution < 1.29 is 9.18 Å². The van der Waals surface area contributed by atoms with E-state index in [1.165, 1.54) is 6.07 Å². The minimum Gasteiger partial charge on any atom is -0.337 e. The van der Waals surface area contributed by atoms with E-state index in [0.29, 0.717) is 12.8 Å². The highest BCUT2D eigenvalue weighted by atomic mass is 19.1. The van der Waals surface area contributed by atoms with Crippen molar-refractivity contribution in [1.29, 1.82) is 0 Å². The van der Waals surface area contributed by atoms with Crippen LogP contribution in [0.2, 0.25) is 0 Å². The maximum Gasteiger partial charge on any atom is 0.224 e. The quantitative estimate of drug-likeness (QED) is 0.882. The number of nitrogens with zero attached hydrogens (tertiary/aromatic N) is 2. The van der Waals surface area contributed by atoms with Crippen LogP contribution in [-0.4, -0.2) is 15.5 Å². The molecular weight excluding hydrogens is 233 g/mol. The van der Waals surface area contributed by atoms with Crippen LogP contribution in [0, 0.1) is 5.82 Å². The fourth-order valence-corrected chi connectivity index (χ4v) is 1.62. The second kappa shape index (κ2) is 5.95. The Bertz CT molecular complexity index is 511. The zero-order chi connectivity index (χ0) is 12.8. The molecule has 0 radical (unpaired) electrons. The molecule has 0 aliphatic heterocycles. The summed E-state index contributed by atoms with van der Waals surface area (Å²) in [6, 6.07) is 6.14. The molecule has 0 spiro atoms. The van der Waals surface area contributed by atoms with Crippen molar-refractivity contribution in [3.05, 3.63) is 48.8 Å². The third kappa shape index (κ3) is 3.41. The summed E-state index contributed by atoms with van der Waals surface area (Å²) in [6.45, 7) is 0.727. The first-order valence-corrected chi connectivity index (χ1v) is 5.76. The van der Waals surface area contributed by atoms with Gasteiger partial charge in [-0.3, -0.25) is 4.79 Å². The van der Waals surface area contributed by atoms with Crippen molar-refractivity contribution in [3.8, 4) is 0 Å². The molecule has 1 aromatic carbocycles. The SMILES string of the molecule is O=C(CCCn1ccnc1)Nc1ccccc1F. The van der Waals surface area contributed by atoms with Crippen molar-refractivity contribution in [3.63, 3.8) is 0 Å². The number of rotatable bonds is 5. The molecule has 0 unspecified atom stereocenters. The van der Waals surface area contributed by atoms with E-state index in [9.17, 15) is 9.18 Å². The Hall–Kier alpha value is -2.17. The normalized spacial score (nSPS) is 10.3. The number of halogens is 1. The summed E-state index contributed by atoms with van der Waals surface area (Å²) in [6.07, 6.45) is 6.28. The van der Waals surface area contributed by atoms with Gasteiger partial charge in [-0.15, -0.1) is 0 Å². The summed E-state index contributed by atoms with van der Waals surface area (Å²) >= 11 is 0. The molecule has 18 heavy (non-hydrogen) atoms. The molecule has 0 saturated heterocycles.